The van der Waals surface area contributed by atoms with Gasteiger partial charge in [-0.1, -0.05) is 27.7 Å². The molecule has 0 unspecified atom stereocenters. The normalized spacial score (nSPS) is 12.1. The molecule has 0 N–H and O–H groups in total. The topological polar surface area (TPSA) is 30.4 Å². The fourth-order valence-electron chi connectivity index (χ4n) is 1.82. The second-order valence-electron chi connectivity index (χ2n) is 4.25. The molecule has 2 rings (SSSR count). The average molecular weight is 192 g/mol. The Hall–Kier alpha value is -1.25. The second-order valence-corrected chi connectivity index (χ2v) is 4.25. The Morgan fingerprint density at radius 2 is 1.93 bits per heavy atom. The van der Waals surface area contributed by atoms with Crippen LogP contribution in [0.25, 0.3) is 5.84 Å². The summed E-state index contributed by atoms with van der Waals surface area (Å²) in [6.07, 6.45) is 3.61. The van der Waals surface area contributed by atoms with Crippen molar-refractivity contribution in [2.24, 2.45) is 0 Å². The Labute approximate surface area is 83.8 Å². The zero-order valence-corrected chi connectivity index (χ0v) is 9.11. The van der Waals surface area contributed by atoms with E-state index in [1.54, 1.807) is 6.26 Å². The second kappa shape index (κ2) is 3.15. The van der Waals surface area contributed by atoms with Crippen LogP contribution in [0.4, 0.5) is 0 Å². The summed E-state index contributed by atoms with van der Waals surface area (Å²) in [5.74, 6) is 1.62. The van der Waals surface area contributed by atoms with Crippen LogP contribution in [0, 0.1) is 0 Å². The van der Waals surface area contributed by atoms with Crippen molar-refractivity contribution >= 4 is 5.84 Å². The zero-order chi connectivity index (χ0) is 10.3. The summed E-state index contributed by atoms with van der Waals surface area (Å²) < 4.78 is 7.33. The number of rotatable bonds is 2. The van der Waals surface area contributed by atoms with E-state index in [-0.39, 0.29) is 0 Å². The minimum absolute atomic E-state index is 0.447. The minimum Gasteiger partial charge on any atom is -0.432 e. The number of hydrogen-bond acceptors (Lipinski definition) is 2. The number of fused-ring (bicyclic) bond motifs is 1. The lowest BCUT2D eigenvalue weighted by Crippen LogP contribution is -1.99. The molecule has 76 valence electrons. The summed E-state index contributed by atoms with van der Waals surface area (Å²) >= 11 is 0. The molecule has 0 bridgehead atoms. The first-order valence-corrected chi connectivity index (χ1v) is 5.06. The molecule has 3 heteroatoms. The fraction of sp³-hybridized carbons (Fsp3) is 0.545. The maximum atomic E-state index is 5.29. The summed E-state index contributed by atoms with van der Waals surface area (Å²) in [6, 6.07) is 0. The lowest BCUT2D eigenvalue weighted by Gasteiger charge is -2.08. The number of imidazole rings is 1. The van der Waals surface area contributed by atoms with E-state index >= 15 is 0 Å². The van der Waals surface area contributed by atoms with Crippen LogP contribution in [0.2, 0.25) is 0 Å². The standard InChI is InChI=1S/C11H16N2O/c1-7(2)9-10(8(3)4)13-5-6-14-11(13)12-9/h5-8H,1-4H3. The first-order chi connectivity index (χ1) is 6.61. The van der Waals surface area contributed by atoms with Gasteiger partial charge in [0.05, 0.1) is 11.4 Å². The highest BCUT2D eigenvalue weighted by molar-refractivity contribution is 5.35. The van der Waals surface area contributed by atoms with E-state index in [1.165, 1.54) is 5.69 Å². The largest absolute Gasteiger partial charge is 0.432 e. The predicted octanol–water partition coefficient (Wildman–Crippen LogP) is 3.17. The van der Waals surface area contributed by atoms with E-state index < -0.39 is 0 Å². The highest BCUT2D eigenvalue weighted by Gasteiger charge is 2.18. The maximum Gasteiger partial charge on any atom is 0.306 e. The predicted molar refractivity (Wildman–Crippen MR) is 55.6 cm³/mol. The van der Waals surface area contributed by atoms with Gasteiger partial charge >= 0.3 is 5.84 Å². The molecule has 0 aliphatic heterocycles. The minimum atomic E-state index is 0.447. The van der Waals surface area contributed by atoms with Crippen molar-refractivity contribution in [2.45, 2.75) is 39.5 Å². The fourth-order valence-corrected chi connectivity index (χ4v) is 1.82. The van der Waals surface area contributed by atoms with Gasteiger partial charge in [0, 0.05) is 6.20 Å². The highest BCUT2D eigenvalue weighted by atomic mass is 16.3. The summed E-state index contributed by atoms with van der Waals surface area (Å²) in [4.78, 5) is 4.49. The lowest BCUT2D eigenvalue weighted by atomic mass is 10.0. The zero-order valence-electron chi connectivity index (χ0n) is 9.11. The molecule has 0 amide bonds. The van der Waals surface area contributed by atoms with Crippen LogP contribution < -0.4 is 0 Å². The van der Waals surface area contributed by atoms with Crippen molar-refractivity contribution in [3.8, 4) is 0 Å². The monoisotopic (exact) mass is 192 g/mol. The van der Waals surface area contributed by atoms with Crippen molar-refractivity contribution in [3.63, 3.8) is 0 Å². The molecular formula is C11H16N2O. The van der Waals surface area contributed by atoms with E-state index in [0.717, 1.165) is 5.69 Å². The van der Waals surface area contributed by atoms with Gasteiger partial charge in [0.2, 0.25) is 0 Å². The third-order valence-corrected chi connectivity index (χ3v) is 2.42. The van der Waals surface area contributed by atoms with Gasteiger partial charge in [-0.25, -0.2) is 0 Å². The molecule has 0 radical (unpaired) electrons. The summed E-state index contributed by atoms with van der Waals surface area (Å²) in [7, 11) is 0. The van der Waals surface area contributed by atoms with Gasteiger partial charge in [0.25, 0.3) is 0 Å². The Balaban J connectivity index is 2.69. The van der Waals surface area contributed by atoms with Crippen LogP contribution in [0.15, 0.2) is 16.9 Å². The molecule has 14 heavy (non-hydrogen) atoms. The Kier molecular flexibility index (Phi) is 2.10. The lowest BCUT2D eigenvalue weighted by molar-refractivity contribution is 0.593. The molecule has 0 saturated heterocycles. The van der Waals surface area contributed by atoms with Crippen molar-refractivity contribution in [1.29, 1.82) is 0 Å². The Morgan fingerprint density at radius 3 is 2.50 bits per heavy atom. The first-order valence-electron chi connectivity index (χ1n) is 5.06. The Morgan fingerprint density at radius 1 is 1.21 bits per heavy atom. The smallest absolute Gasteiger partial charge is 0.306 e. The van der Waals surface area contributed by atoms with Crippen LogP contribution in [-0.2, 0) is 0 Å². The molecule has 2 heterocycles. The molecule has 0 aromatic carbocycles. The molecular weight excluding hydrogens is 176 g/mol. The number of hydrogen-bond donors (Lipinski definition) is 0. The molecule has 0 fully saturated rings. The van der Waals surface area contributed by atoms with Crippen LogP contribution in [0.1, 0.15) is 50.9 Å². The molecule has 0 spiro atoms. The quantitative estimate of drug-likeness (QED) is 0.731. The first kappa shape index (κ1) is 9.31. The molecule has 0 saturated carbocycles. The number of nitrogens with zero attached hydrogens (tertiary/aromatic N) is 2. The van der Waals surface area contributed by atoms with Crippen molar-refractivity contribution in [1.82, 2.24) is 9.38 Å². The van der Waals surface area contributed by atoms with Crippen molar-refractivity contribution in [3.05, 3.63) is 23.8 Å². The van der Waals surface area contributed by atoms with Crippen LogP contribution in [0.5, 0.6) is 0 Å². The molecule has 3 nitrogen and oxygen atoms in total. The third-order valence-electron chi connectivity index (χ3n) is 2.42. The maximum absolute atomic E-state index is 5.29. The van der Waals surface area contributed by atoms with Gasteiger partial charge in [-0.15, -0.1) is 0 Å². The SMILES string of the molecule is CC(C)c1nc2occn2c1C(C)C. The molecule has 0 aliphatic rings. The third kappa shape index (κ3) is 1.24. The molecule has 2 aromatic heterocycles. The van der Waals surface area contributed by atoms with Crippen LogP contribution >= 0.6 is 0 Å². The number of aromatic nitrogens is 2. The Bertz CT molecular complexity index is 437. The van der Waals surface area contributed by atoms with E-state index in [1.807, 2.05) is 10.6 Å². The molecule has 2 aromatic rings. The van der Waals surface area contributed by atoms with E-state index in [4.69, 9.17) is 4.42 Å². The van der Waals surface area contributed by atoms with Gasteiger partial charge in [0.15, 0.2) is 0 Å². The van der Waals surface area contributed by atoms with Crippen LogP contribution in [-0.4, -0.2) is 9.38 Å². The van der Waals surface area contributed by atoms with Gasteiger partial charge in [-0.3, -0.25) is 4.40 Å². The summed E-state index contributed by atoms with van der Waals surface area (Å²) in [5, 5.41) is 0. The van der Waals surface area contributed by atoms with Gasteiger partial charge in [-0.2, -0.15) is 4.98 Å². The highest BCUT2D eigenvalue weighted by Crippen LogP contribution is 2.26. The van der Waals surface area contributed by atoms with Gasteiger partial charge in [0.1, 0.15) is 6.26 Å². The van der Waals surface area contributed by atoms with Crippen molar-refractivity contribution < 1.29 is 4.42 Å². The molecule has 0 aliphatic carbocycles. The number of oxazole rings is 1. The summed E-state index contributed by atoms with van der Waals surface area (Å²) in [6.45, 7) is 8.69. The van der Waals surface area contributed by atoms with Crippen LogP contribution in [0.3, 0.4) is 0 Å². The molecule has 0 atom stereocenters. The van der Waals surface area contributed by atoms with E-state index in [2.05, 4.69) is 32.7 Å². The van der Waals surface area contributed by atoms with Gasteiger partial charge in [-0.05, 0) is 11.8 Å². The van der Waals surface area contributed by atoms with Crippen molar-refractivity contribution in [2.75, 3.05) is 0 Å². The van der Waals surface area contributed by atoms with E-state index in [0.29, 0.717) is 17.7 Å². The van der Waals surface area contributed by atoms with Gasteiger partial charge < -0.3 is 4.42 Å². The summed E-state index contributed by atoms with van der Waals surface area (Å²) in [5.41, 5.74) is 2.42. The van der Waals surface area contributed by atoms with E-state index in [9.17, 15) is 0 Å². The average Bonchev–Trinajstić information content (AvgIpc) is 2.58.